The normalized spacial score (nSPS) is 16.5. The van der Waals surface area contributed by atoms with Crippen molar-refractivity contribution in [2.75, 3.05) is 25.2 Å². The van der Waals surface area contributed by atoms with Crippen molar-refractivity contribution >= 4 is 27.5 Å². The van der Waals surface area contributed by atoms with Crippen LogP contribution in [0.15, 0.2) is 59.4 Å². The van der Waals surface area contributed by atoms with E-state index in [1.807, 2.05) is 41.8 Å². The summed E-state index contributed by atoms with van der Waals surface area (Å²) in [7, 11) is 1.66. The van der Waals surface area contributed by atoms with E-state index in [0.717, 1.165) is 53.0 Å². The Labute approximate surface area is 181 Å². The Kier molecular flexibility index (Phi) is 5.16. The Morgan fingerprint density at radius 2 is 1.74 bits per heavy atom. The molecule has 6 nitrogen and oxygen atoms in total. The van der Waals surface area contributed by atoms with E-state index < -0.39 is 0 Å². The summed E-state index contributed by atoms with van der Waals surface area (Å²) in [5.74, 6) is 0.816. The number of aromatic nitrogens is 3. The van der Waals surface area contributed by atoms with Crippen molar-refractivity contribution in [2.45, 2.75) is 32.4 Å². The van der Waals surface area contributed by atoms with E-state index in [-0.39, 0.29) is 11.6 Å². The average molecular weight is 415 g/mol. The van der Waals surface area contributed by atoms with E-state index in [4.69, 9.17) is 14.7 Å². The van der Waals surface area contributed by atoms with E-state index >= 15 is 0 Å². The van der Waals surface area contributed by atoms with Gasteiger partial charge < -0.3 is 9.64 Å². The van der Waals surface area contributed by atoms with Crippen molar-refractivity contribution in [1.29, 1.82) is 0 Å². The third-order valence-corrected chi connectivity index (χ3v) is 6.09. The van der Waals surface area contributed by atoms with Gasteiger partial charge in [-0.1, -0.05) is 30.3 Å². The van der Waals surface area contributed by atoms with Crippen molar-refractivity contribution in [1.82, 2.24) is 14.5 Å². The zero-order valence-electron chi connectivity index (χ0n) is 17.9. The zero-order chi connectivity index (χ0) is 21.4. The summed E-state index contributed by atoms with van der Waals surface area (Å²) in [6, 6.07) is 18.0. The lowest BCUT2D eigenvalue weighted by atomic mass is 10.1. The van der Waals surface area contributed by atoms with Crippen LogP contribution >= 0.6 is 0 Å². The highest BCUT2D eigenvalue weighted by molar-refractivity contribution is 5.92. The first-order valence-electron chi connectivity index (χ1n) is 10.8. The predicted octanol–water partition coefficient (Wildman–Crippen LogP) is 4.24. The molecule has 0 radical (unpaired) electrons. The Balaban J connectivity index is 1.69. The highest BCUT2D eigenvalue weighted by Crippen LogP contribution is 2.39. The molecule has 1 aliphatic heterocycles. The summed E-state index contributed by atoms with van der Waals surface area (Å²) in [6.07, 6.45) is 2.00. The van der Waals surface area contributed by atoms with Crippen LogP contribution in [0.3, 0.4) is 0 Å². The van der Waals surface area contributed by atoms with Crippen LogP contribution in [0.1, 0.15) is 30.4 Å². The number of nitrogens with zero attached hydrogens (tertiary/aromatic N) is 4. The van der Waals surface area contributed by atoms with Crippen LogP contribution in [0.25, 0.3) is 21.8 Å². The lowest BCUT2D eigenvalue weighted by molar-refractivity contribution is 0.184. The first-order chi connectivity index (χ1) is 15.2. The largest absolute Gasteiger partial charge is 0.383 e. The van der Waals surface area contributed by atoms with Crippen LogP contribution in [-0.2, 0) is 11.3 Å². The number of hydrogen-bond acceptors (Lipinski definition) is 5. The molecule has 1 atom stereocenters. The molecule has 1 aliphatic rings. The first kappa shape index (κ1) is 19.7. The molecule has 2 aromatic carbocycles. The minimum Gasteiger partial charge on any atom is -0.383 e. The Bertz CT molecular complexity index is 1310. The third kappa shape index (κ3) is 3.47. The maximum atomic E-state index is 13.4. The minimum atomic E-state index is 0.000247. The maximum absolute atomic E-state index is 13.4. The van der Waals surface area contributed by atoms with Gasteiger partial charge in [-0.25, -0.2) is 4.98 Å². The van der Waals surface area contributed by atoms with Gasteiger partial charge >= 0.3 is 0 Å². The number of benzene rings is 2. The van der Waals surface area contributed by atoms with Crippen LogP contribution in [0.5, 0.6) is 0 Å². The van der Waals surface area contributed by atoms with E-state index in [1.54, 1.807) is 7.11 Å². The molecule has 0 aliphatic carbocycles. The lowest BCUT2D eigenvalue weighted by Gasteiger charge is -2.29. The van der Waals surface area contributed by atoms with Crippen LogP contribution in [0.2, 0.25) is 0 Å². The molecule has 6 heteroatoms. The second kappa shape index (κ2) is 8.12. The number of methoxy groups -OCH3 is 1. The topological polar surface area (TPSA) is 60.2 Å². The fourth-order valence-corrected chi connectivity index (χ4v) is 4.68. The molecule has 5 rings (SSSR count). The second-order valence-electron chi connectivity index (χ2n) is 8.09. The van der Waals surface area contributed by atoms with Crippen molar-refractivity contribution < 1.29 is 4.74 Å². The number of rotatable bonds is 5. The van der Waals surface area contributed by atoms with Crippen molar-refractivity contribution in [3.63, 3.8) is 0 Å². The summed E-state index contributed by atoms with van der Waals surface area (Å²) in [5, 5.41) is 1.78. The summed E-state index contributed by atoms with van der Waals surface area (Å²) in [6.45, 7) is 3.91. The van der Waals surface area contributed by atoms with Gasteiger partial charge in [0.1, 0.15) is 5.82 Å². The van der Waals surface area contributed by atoms with Gasteiger partial charge in [0.25, 0.3) is 5.56 Å². The van der Waals surface area contributed by atoms with Crippen molar-refractivity contribution in [3.8, 4) is 0 Å². The second-order valence-corrected chi connectivity index (χ2v) is 8.09. The van der Waals surface area contributed by atoms with Crippen LogP contribution in [-0.4, -0.2) is 34.8 Å². The number of hydrogen-bond donors (Lipinski definition) is 0. The summed E-state index contributed by atoms with van der Waals surface area (Å²) < 4.78 is 7.12. The van der Waals surface area contributed by atoms with Crippen LogP contribution in [0.4, 0.5) is 5.69 Å². The molecule has 31 heavy (non-hydrogen) atoms. The monoisotopic (exact) mass is 414 g/mol. The molecule has 0 bridgehead atoms. The highest BCUT2D eigenvalue weighted by atomic mass is 16.5. The Morgan fingerprint density at radius 1 is 1.03 bits per heavy atom. The Hall–Kier alpha value is -3.25. The molecule has 0 N–H and O–H groups in total. The molecule has 1 fully saturated rings. The number of anilines is 1. The van der Waals surface area contributed by atoms with Gasteiger partial charge in [0.05, 0.1) is 35.6 Å². The quantitative estimate of drug-likeness (QED) is 0.489. The summed E-state index contributed by atoms with van der Waals surface area (Å²) in [5.41, 5.74) is 3.89. The van der Waals surface area contributed by atoms with Crippen LogP contribution in [0, 0.1) is 6.92 Å². The van der Waals surface area contributed by atoms with Gasteiger partial charge in [0, 0.05) is 30.4 Å². The first-order valence-corrected chi connectivity index (χ1v) is 10.8. The van der Waals surface area contributed by atoms with E-state index in [0.29, 0.717) is 18.5 Å². The van der Waals surface area contributed by atoms with Gasteiger partial charge in [-0.3, -0.25) is 14.3 Å². The molecule has 3 heterocycles. The van der Waals surface area contributed by atoms with Crippen molar-refractivity contribution in [3.05, 3.63) is 76.5 Å². The molecule has 1 unspecified atom stereocenters. The highest BCUT2D eigenvalue weighted by Gasteiger charge is 2.31. The predicted molar refractivity (Wildman–Crippen MR) is 124 cm³/mol. The number of ether oxygens (including phenoxy) is 1. The third-order valence-electron chi connectivity index (χ3n) is 6.09. The summed E-state index contributed by atoms with van der Waals surface area (Å²) in [4.78, 5) is 25.5. The van der Waals surface area contributed by atoms with Gasteiger partial charge in [-0.15, -0.1) is 0 Å². The maximum Gasteiger partial charge on any atom is 0.261 e. The standard InChI is InChI=1S/C25H26N4O2/c1-17-16-23(18-8-3-5-10-20(18)26-17)28-13-7-12-22(28)24-27-21-11-6-4-9-19(21)25(30)29(24)14-15-31-2/h3-6,8-11,16,22H,7,12-15H2,1-2H3. The molecule has 158 valence electrons. The molecule has 0 saturated carbocycles. The number of fused-ring (bicyclic) bond motifs is 2. The van der Waals surface area contributed by atoms with Gasteiger partial charge in [-0.2, -0.15) is 0 Å². The average Bonchev–Trinajstić information content (AvgIpc) is 3.27. The van der Waals surface area contributed by atoms with Gasteiger partial charge in [0.2, 0.25) is 0 Å². The smallest absolute Gasteiger partial charge is 0.261 e. The fourth-order valence-electron chi connectivity index (χ4n) is 4.68. The van der Waals surface area contributed by atoms with Gasteiger partial charge in [-0.05, 0) is 44.0 Å². The van der Waals surface area contributed by atoms with Crippen molar-refractivity contribution in [2.24, 2.45) is 0 Å². The number of aryl methyl sites for hydroxylation is 1. The number of pyridine rings is 1. The molecule has 0 spiro atoms. The van der Waals surface area contributed by atoms with E-state index in [2.05, 4.69) is 29.2 Å². The molecule has 2 aromatic heterocycles. The SMILES string of the molecule is COCCn1c(C2CCCN2c2cc(C)nc3ccccc23)nc2ccccc2c1=O. The molecule has 1 saturated heterocycles. The van der Waals surface area contributed by atoms with Gasteiger partial charge in [0.15, 0.2) is 0 Å². The zero-order valence-corrected chi connectivity index (χ0v) is 17.9. The fraction of sp³-hybridized carbons (Fsp3) is 0.320. The summed E-state index contributed by atoms with van der Waals surface area (Å²) >= 11 is 0. The molecular weight excluding hydrogens is 388 g/mol. The number of para-hydroxylation sites is 2. The van der Waals surface area contributed by atoms with E-state index in [9.17, 15) is 4.79 Å². The Morgan fingerprint density at radius 3 is 2.52 bits per heavy atom. The molecule has 0 amide bonds. The molecule has 4 aromatic rings. The van der Waals surface area contributed by atoms with E-state index in [1.165, 1.54) is 0 Å². The van der Waals surface area contributed by atoms with Crippen LogP contribution < -0.4 is 10.5 Å². The lowest BCUT2D eigenvalue weighted by Crippen LogP contribution is -2.33. The molecular formula is C25H26N4O2. The minimum absolute atomic E-state index is 0.000247.